The van der Waals surface area contributed by atoms with Crippen LogP contribution in [0, 0.1) is 0 Å². The Hall–Kier alpha value is -0.590. The van der Waals surface area contributed by atoms with Crippen LogP contribution in [0.5, 0.6) is 0 Å². The lowest BCUT2D eigenvalue weighted by Crippen LogP contribution is -2.31. The fraction of sp³-hybridized carbons (Fsp3) is 0.333. The van der Waals surface area contributed by atoms with E-state index in [4.69, 9.17) is 9.29 Å². The number of allylic oxidation sites excluding steroid dienone is 3. The molecule has 1 rings (SSSR count). The van der Waals surface area contributed by atoms with E-state index < -0.39 is 13.8 Å². The molecule has 0 aromatic heterocycles. The Morgan fingerprint density at radius 1 is 1.73 bits per heavy atom. The molecule has 0 amide bonds. The Morgan fingerprint density at radius 3 is 2.93 bits per heavy atom. The Balaban J connectivity index is 2.83. The third-order valence-corrected chi connectivity index (χ3v) is 4.77. The van der Waals surface area contributed by atoms with Crippen LogP contribution < -0.4 is 0 Å². The van der Waals surface area contributed by atoms with Crippen molar-refractivity contribution in [1.29, 1.82) is 0 Å². The van der Waals surface area contributed by atoms with E-state index in [1.165, 1.54) is 12.2 Å². The molecule has 0 aliphatic heterocycles. The van der Waals surface area contributed by atoms with Gasteiger partial charge in [-0.3, -0.25) is 4.55 Å². The molecule has 0 saturated heterocycles. The zero-order chi connectivity index (χ0) is 11.5. The Kier molecular flexibility index (Phi) is 3.75. The molecule has 1 unspecified atom stereocenters. The normalized spacial score (nSPS) is 25.9. The van der Waals surface area contributed by atoms with Crippen molar-refractivity contribution in [3.05, 3.63) is 36.6 Å². The molecular formula is C9H11BrO4S. The van der Waals surface area contributed by atoms with E-state index in [9.17, 15) is 8.42 Å². The van der Waals surface area contributed by atoms with E-state index in [1.807, 2.05) is 0 Å². The Labute approximate surface area is 97.2 Å². The average molecular weight is 295 g/mol. The summed E-state index contributed by atoms with van der Waals surface area (Å²) in [5, 5.41) is 0. The molecular weight excluding hydrogens is 284 g/mol. The highest BCUT2D eigenvalue weighted by Gasteiger charge is 2.40. The van der Waals surface area contributed by atoms with E-state index >= 15 is 0 Å². The van der Waals surface area contributed by atoms with E-state index in [1.54, 1.807) is 12.2 Å². The molecule has 6 heteroatoms. The molecule has 84 valence electrons. The van der Waals surface area contributed by atoms with Gasteiger partial charge < -0.3 is 4.74 Å². The minimum Gasteiger partial charge on any atom is -0.494 e. The van der Waals surface area contributed by atoms with Crippen LogP contribution in [-0.2, 0) is 14.9 Å². The highest BCUT2D eigenvalue weighted by molar-refractivity contribution is 9.11. The van der Waals surface area contributed by atoms with E-state index in [0.29, 0.717) is 12.4 Å². The summed E-state index contributed by atoms with van der Waals surface area (Å²) in [7, 11) is -4.20. The maximum Gasteiger partial charge on any atom is 0.284 e. The summed E-state index contributed by atoms with van der Waals surface area (Å²) < 4.78 is 34.9. The summed E-state index contributed by atoms with van der Waals surface area (Å²) in [6.45, 7) is 3.78. The van der Waals surface area contributed by atoms with Gasteiger partial charge in [0.05, 0.1) is 5.76 Å². The standard InChI is InChI=1S/C9H11BrO4S/c1-2-6-14-8-4-3-5-9(10,7-8)15(11,12)13/h2-5H,1,6-7H2,(H,11,12,13). The van der Waals surface area contributed by atoms with Crippen molar-refractivity contribution in [3.8, 4) is 0 Å². The summed E-state index contributed by atoms with van der Waals surface area (Å²) in [6, 6.07) is 0. The maximum atomic E-state index is 11.1. The summed E-state index contributed by atoms with van der Waals surface area (Å²) >= 11 is 2.98. The molecule has 1 N–H and O–H groups in total. The first-order valence-corrected chi connectivity index (χ1v) is 6.40. The van der Waals surface area contributed by atoms with Gasteiger partial charge in [-0.15, -0.1) is 0 Å². The van der Waals surface area contributed by atoms with Crippen LogP contribution in [0.25, 0.3) is 0 Å². The zero-order valence-electron chi connectivity index (χ0n) is 7.89. The predicted octanol–water partition coefficient (Wildman–Crippen LogP) is 2.01. The third-order valence-electron chi connectivity index (χ3n) is 1.86. The second-order valence-corrected chi connectivity index (χ2v) is 6.65. The van der Waals surface area contributed by atoms with E-state index in [0.717, 1.165) is 0 Å². The molecule has 0 fully saturated rings. The molecule has 0 bridgehead atoms. The minimum atomic E-state index is -4.20. The van der Waals surface area contributed by atoms with Crippen molar-refractivity contribution in [1.82, 2.24) is 0 Å². The van der Waals surface area contributed by atoms with Gasteiger partial charge in [0.2, 0.25) is 0 Å². The Morgan fingerprint density at radius 2 is 2.40 bits per heavy atom. The highest BCUT2D eigenvalue weighted by atomic mass is 79.9. The quantitative estimate of drug-likeness (QED) is 0.489. The summed E-state index contributed by atoms with van der Waals surface area (Å²) in [4.78, 5) is 0. The average Bonchev–Trinajstić information content (AvgIpc) is 2.13. The number of ether oxygens (including phenoxy) is 1. The highest BCUT2D eigenvalue weighted by Crippen LogP contribution is 2.36. The van der Waals surface area contributed by atoms with Crippen molar-refractivity contribution in [3.63, 3.8) is 0 Å². The zero-order valence-corrected chi connectivity index (χ0v) is 10.3. The van der Waals surface area contributed by atoms with Gasteiger partial charge in [-0.25, -0.2) is 0 Å². The van der Waals surface area contributed by atoms with Crippen LogP contribution in [0.3, 0.4) is 0 Å². The first-order valence-electron chi connectivity index (χ1n) is 4.17. The van der Waals surface area contributed by atoms with Crippen molar-refractivity contribution in [2.45, 2.75) is 10.1 Å². The van der Waals surface area contributed by atoms with Gasteiger partial charge in [0.25, 0.3) is 10.1 Å². The van der Waals surface area contributed by atoms with Crippen LogP contribution in [-0.4, -0.2) is 23.2 Å². The molecule has 1 aliphatic carbocycles. The number of hydrogen-bond donors (Lipinski definition) is 1. The van der Waals surface area contributed by atoms with Crippen molar-refractivity contribution in [2.24, 2.45) is 0 Å². The summed E-state index contributed by atoms with van der Waals surface area (Å²) in [5.74, 6) is 0.479. The fourth-order valence-corrected chi connectivity index (χ4v) is 2.10. The number of rotatable bonds is 4. The Bertz CT molecular complexity index is 410. The van der Waals surface area contributed by atoms with Gasteiger partial charge in [-0.1, -0.05) is 34.7 Å². The molecule has 0 heterocycles. The maximum absolute atomic E-state index is 11.1. The van der Waals surface area contributed by atoms with Crippen LogP contribution in [0.1, 0.15) is 6.42 Å². The van der Waals surface area contributed by atoms with Crippen LogP contribution in [0.4, 0.5) is 0 Å². The smallest absolute Gasteiger partial charge is 0.284 e. The summed E-state index contributed by atoms with van der Waals surface area (Å²) in [6.07, 6.45) is 6.14. The molecule has 0 aromatic rings. The first kappa shape index (κ1) is 12.5. The van der Waals surface area contributed by atoms with Crippen LogP contribution >= 0.6 is 15.9 Å². The molecule has 0 radical (unpaired) electrons. The predicted molar refractivity (Wildman–Crippen MR) is 61.2 cm³/mol. The molecule has 1 atom stereocenters. The largest absolute Gasteiger partial charge is 0.494 e. The lowest BCUT2D eigenvalue weighted by Gasteiger charge is -2.24. The lowest BCUT2D eigenvalue weighted by molar-refractivity contribution is 0.234. The molecule has 0 aromatic carbocycles. The second-order valence-electron chi connectivity index (χ2n) is 3.03. The van der Waals surface area contributed by atoms with Gasteiger partial charge in [0.1, 0.15) is 6.61 Å². The first-order chi connectivity index (χ1) is 6.89. The van der Waals surface area contributed by atoms with Crippen molar-refractivity contribution < 1.29 is 17.7 Å². The van der Waals surface area contributed by atoms with Crippen molar-refractivity contribution >= 4 is 26.0 Å². The monoisotopic (exact) mass is 294 g/mol. The minimum absolute atomic E-state index is 0.0518. The number of halogens is 1. The summed E-state index contributed by atoms with van der Waals surface area (Å²) in [5.41, 5.74) is 0. The molecule has 1 aliphatic rings. The van der Waals surface area contributed by atoms with E-state index in [2.05, 4.69) is 22.5 Å². The van der Waals surface area contributed by atoms with Gasteiger partial charge in [0, 0.05) is 6.42 Å². The lowest BCUT2D eigenvalue weighted by atomic mass is 10.1. The fourth-order valence-electron chi connectivity index (χ4n) is 1.10. The number of hydrogen-bond acceptors (Lipinski definition) is 3. The van der Waals surface area contributed by atoms with Gasteiger partial charge in [-0.05, 0) is 12.2 Å². The molecule has 0 saturated carbocycles. The molecule has 15 heavy (non-hydrogen) atoms. The number of alkyl halides is 1. The van der Waals surface area contributed by atoms with Gasteiger partial charge >= 0.3 is 0 Å². The van der Waals surface area contributed by atoms with Crippen molar-refractivity contribution in [2.75, 3.05) is 6.61 Å². The van der Waals surface area contributed by atoms with E-state index in [-0.39, 0.29) is 6.42 Å². The molecule has 4 nitrogen and oxygen atoms in total. The van der Waals surface area contributed by atoms with Gasteiger partial charge in [-0.2, -0.15) is 8.42 Å². The van der Waals surface area contributed by atoms with Gasteiger partial charge in [0.15, 0.2) is 3.66 Å². The second kappa shape index (κ2) is 4.51. The topological polar surface area (TPSA) is 63.6 Å². The SMILES string of the molecule is C=CCOC1=CC=CC(Br)(S(=O)(=O)O)C1. The third kappa shape index (κ3) is 2.93. The van der Waals surface area contributed by atoms with Crippen LogP contribution in [0.2, 0.25) is 0 Å². The molecule has 0 spiro atoms. The van der Waals surface area contributed by atoms with Crippen LogP contribution in [0.15, 0.2) is 36.6 Å².